The van der Waals surface area contributed by atoms with Crippen LogP contribution in [-0.4, -0.2) is 17.3 Å². The molecule has 1 aromatic rings. The van der Waals surface area contributed by atoms with E-state index < -0.39 is 5.60 Å². The van der Waals surface area contributed by atoms with Crippen LogP contribution in [0.2, 0.25) is 0 Å². The quantitative estimate of drug-likeness (QED) is 0.850. The van der Waals surface area contributed by atoms with Crippen molar-refractivity contribution in [2.45, 2.75) is 63.0 Å². The predicted octanol–water partition coefficient (Wildman–Crippen LogP) is 3.35. The van der Waals surface area contributed by atoms with Crippen LogP contribution in [0.5, 0.6) is 0 Å². The Morgan fingerprint density at radius 1 is 1.11 bits per heavy atom. The fourth-order valence-corrected chi connectivity index (χ4v) is 3.30. The van der Waals surface area contributed by atoms with Crippen LogP contribution in [0.15, 0.2) is 24.3 Å². The standard InChI is InChI=1S/C17H25NO/c19-17(10-4-1-5-11-17)13-18-12-15-6-2-3-7-16(15)14-8-9-14/h2-3,6-7,14,18-19H,1,4-5,8-13H2. The fraction of sp³-hybridized carbons (Fsp3) is 0.647. The topological polar surface area (TPSA) is 32.3 Å². The highest BCUT2D eigenvalue weighted by Crippen LogP contribution is 2.41. The molecule has 104 valence electrons. The molecule has 0 saturated heterocycles. The van der Waals surface area contributed by atoms with Crippen LogP contribution in [-0.2, 0) is 6.54 Å². The molecular formula is C17H25NO. The van der Waals surface area contributed by atoms with E-state index in [1.54, 1.807) is 0 Å². The van der Waals surface area contributed by atoms with Gasteiger partial charge in [0, 0.05) is 13.1 Å². The molecular weight excluding hydrogens is 234 g/mol. The molecule has 0 radical (unpaired) electrons. The third kappa shape index (κ3) is 3.37. The van der Waals surface area contributed by atoms with Crippen molar-refractivity contribution in [2.75, 3.05) is 6.54 Å². The minimum atomic E-state index is -0.452. The van der Waals surface area contributed by atoms with E-state index in [0.717, 1.165) is 31.8 Å². The van der Waals surface area contributed by atoms with Crippen LogP contribution in [0.1, 0.15) is 62.0 Å². The second-order valence-electron chi connectivity index (χ2n) is 6.36. The van der Waals surface area contributed by atoms with E-state index in [2.05, 4.69) is 29.6 Å². The van der Waals surface area contributed by atoms with Crippen LogP contribution < -0.4 is 5.32 Å². The van der Waals surface area contributed by atoms with Gasteiger partial charge in [-0.3, -0.25) is 0 Å². The lowest BCUT2D eigenvalue weighted by atomic mass is 9.85. The lowest BCUT2D eigenvalue weighted by Gasteiger charge is -2.32. The highest BCUT2D eigenvalue weighted by Gasteiger charge is 2.29. The number of rotatable bonds is 5. The lowest BCUT2D eigenvalue weighted by molar-refractivity contribution is 0.00466. The molecule has 2 aliphatic rings. The predicted molar refractivity (Wildman–Crippen MR) is 78.2 cm³/mol. The zero-order chi connectivity index (χ0) is 13.1. The first-order valence-electron chi connectivity index (χ1n) is 7.78. The minimum absolute atomic E-state index is 0.452. The van der Waals surface area contributed by atoms with E-state index in [9.17, 15) is 5.11 Å². The summed E-state index contributed by atoms with van der Waals surface area (Å²) in [4.78, 5) is 0. The number of benzene rings is 1. The molecule has 2 nitrogen and oxygen atoms in total. The number of nitrogens with one attached hydrogen (secondary N) is 1. The summed E-state index contributed by atoms with van der Waals surface area (Å²) in [5.74, 6) is 0.802. The maximum Gasteiger partial charge on any atom is 0.0771 e. The maximum absolute atomic E-state index is 10.5. The Balaban J connectivity index is 1.54. The van der Waals surface area contributed by atoms with Gasteiger partial charge in [-0.15, -0.1) is 0 Å². The summed E-state index contributed by atoms with van der Waals surface area (Å²) in [5.41, 5.74) is 2.49. The first-order chi connectivity index (χ1) is 9.27. The third-order valence-corrected chi connectivity index (χ3v) is 4.63. The number of hydrogen-bond donors (Lipinski definition) is 2. The van der Waals surface area contributed by atoms with Crippen molar-refractivity contribution in [1.29, 1.82) is 0 Å². The Hall–Kier alpha value is -0.860. The van der Waals surface area contributed by atoms with E-state index >= 15 is 0 Å². The Bertz CT molecular complexity index is 419. The average molecular weight is 259 g/mol. The highest BCUT2D eigenvalue weighted by molar-refractivity contribution is 5.33. The Morgan fingerprint density at radius 3 is 2.58 bits per heavy atom. The van der Waals surface area contributed by atoms with Crippen molar-refractivity contribution >= 4 is 0 Å². The largest absolute Gasteiger partial charge is 0.389 e. The average Bonchev–Trinajstić information content (AvgIpc) is 3.24. The summed E-state index contributed by atoms with van der Waals surface area (Å²) in [5, 5.41) is 14.0. The molecule has 3 rings (SSSR count). The molecule has 19 heavy (non-hydrogen) atoms. The molecule has 0 heterocycles. The maximum atomic E-state index is 10.5. The van der Waals surface area contributed by atoms with E-state index in [1.165, 1.54) is 43.2 Å². The fourth-order valence-electron chi connectivity index (χ4n) is 3.30. The van der Waals surface area contributed by atoms with Gasteiger partial charge in [-0.2, -0.15) is 0 Å². The first kappa shape index (κ1) is 13.1. The molecule has 0 aliphatic heterocycles. The second-order valence-corrected chi connectivity index (χ2v) is 6.36. The molecule has 0 amide bonds. The van der Waals surface area contributed by atoms with Crippen molar-refractivity contribution in [1.82, 2.24) is 5.32 Å². The van der Waals surface area contributed by atoms with Crippen molar-refractivity contribution in [3.8, 4) is 0 Å². The van der Waals surface area contributed by atoms with Gasteiger partial charge in [-0.25, -0.2) is 0 Å². The van der Waals surface area contributed by atoms with Crippen molar-refractivity contribution in [3.05, 3.63) is 35.4 Å². The van der Waals surface area contributed by atoms with Gasteiger partial charge < -0.3 is 10.4 Å². The molecule has 1 aromatic carbocycles. The summed E-state index contributed by atoms with van der Waals surface area (Å²) < 4.78 is 0. The molecule has 2 aliphatic carbocycles. The van der Waals surface area contributed by atoms with E-state index in [1.807, 2.05) is 0 Å². The van der Waals surface area contributed by atoms with Crippen LogP contribution >= 0.6 is 0 Å². The normalized spacial score (nSPS) is 22.4. The van der Waals surface area contributed by atoms with Gasteiger partial charge in [-0.05, 0) is 42.7 Å². The summed E-state index contributed by atoms with van der Waals surface area (Å²) in [7, 11) is 0. The third-order valence-electron chi connectivity index (χ3n) is 4.63. The van der Waals surface area contributed by atoms with Crippen LogP contribution in [0.3, 0.4) is 0 Å². The van der Waals surface area contributed by atoms with Crippen molar-refractivity contribution in [3.63, 3.8) is 0 Å². The van der Waals surface area contributed by atoms with Gasteiger partial charge in [-0.1, -0.05) is 43.5 Å². The van der Waals surface area contributed by atoms with Gasteiger partial charge in [0.05, 0.1) is 5.60 Å². The second kappa shape index (κ2) is 5.64. The monoisotopic (exact) mass is 259 g/mol. The van der Waals surface area contributed by atoms with E-state index in [4.69, 9.17) is 0 Å². The Morgan fingerprint density at radius 2 is 1.84 bits per heavy atom. The molecule has 2 fully saturated rings. The van der Waals surface area contributed by atoms with Gasteiger partial charge >= 0.3 is 0 Å². The molecule has 2 heteroatoms. The molecule has 0 unspecified atom stereocenters. The van der Waals surface area contributed by atoms with Crippen LogP contribution in [0, 0.1) is 0 Å². The summed E-state index contributed by atoms with van der Waals surface area (Å²) in [6.07, 6.45) is 8.26. The summed E-state index contributed by atoms with van der Waals surface area (Å²) in [6, 6.07) is 8.76. The van der Waals surface area contributed by atoms with Gasteiger partial charge in [0.15, 0.2) is 0 Å². The molecule has 0 atom stereocenters. The molecule has 0 aromatic heterocycles. The summed E-state index contributed by atoms with van der Waals surface area (Å²) >= 11 is 0. The Labute approximate surface area is 116 Å². The van der Waals surface area contributed by atoms with Gasteiger partial charge in [0.25, 0.3) is 0 Å². The van der Waals surface area contributed by atoms with Crippen molar-refractivity contribution in [2.24, 2.45) is 0 Å². The molecule has 0 bridgehead atoms. The van der Waals surface area contributed by atoms with Crippen LogP contribution in [0.4, 0.5) is 0 Å². The Kier molecular flexibility index (Phi) is 3.90. The zero-order valence-corrected chi connectivity index (χ0v) is 11.7. The SMILES string of the molecule is OC1(CNCc2ccccc2C2CC2)CCCCC1. The first-order valence-corrected chi connectivity index (χ1v) is 7.78. The zero-order valence-electron chi connectivity index (χ0n) is 11.7. The van der Waals surface area contributed by atoms with E-state index in [-0.39, 0.29) is 0 Å². The number of aliphatic hydroxyl groups is 1. The smallest absolute Gasteiger partial charge is 0.0771 e. The molecule has 2 saturated carbocycles. The number of hydrogen-bond acceptors (Lipinski definition) is 2. The van der Waals surface area contributed by atoms with Gasteiger partial charge in [0.1, 0.15) is 0 Å². The highest BCUT2D eigenvalue weighted by atomic mass is 16.3. The lowest BCUT2D eigenvalue weighted by Crippen LogP contribution is -2.41. The van der Waals surface area contributed by atoms with Crippen molar-refractivity contribution < 1.29 is 5.11 Å². The van der Waals surface area contributed by atoms with Gasteiger partial charge in [0.2, 0.25) is 0 Å². The van der Waals surface area contributed by atoms with E-state index in [0.29, 0.717) is 0 Å². The molecule has 0 spiro atoms. The minimum Gasteiger partial charge on any atom is -0.389 e. The molecule has 2 N–H and O–H groups in total. The summed E-state index contributed by atoms with van der Waals surface area (Å²) in [6.45, 7) is 1.64. The van der Waals surface area contributed by atoms with Crippen LogP contribution in [0.25, 0.3) is 0 Å².